The third-order valence-electron chi connectivity index (χ3n) is 5.90. The van der Waals surface area contributed by atoms with E-state index in [4.69, 9.17) is 4.42 Å². The topological polar surface area (TPSA) is 92.5 Å². The van der Waals surface area contributed by atoms with E-state index in [1.165, 1.54) is 0 Å². The number of benzene rings is 1. The second kappa shape index (κ2) is 8.80. The Balaban J connectivity index is 1.37. The number of fused-ring (bicyclic) bond motifs is 1. The lowest BCUT2D eigenvalue weighted by atomic mass is 10.1. The molecule has 2 aromatic heterocycles. The van der Waals surface area contributed by atoms with Gasteiger partial charge < -0.3 is 14.6 Å². The van der Waals surface area contributed by atoms with E-state index in [1.54, 1.807) is 48.8 Å². The molecule has 0 bridgehead atoms. The molecular weight excluding hydrogens is 414 g/mol. The number of sulfone groups is 1. The molecule has 7 nitrogen and oxygen atoms in total. The molecule has 1 fully saturated rings. The number of likely N-dealkylation sites (tertiary alicyclic amines) is 1. The summed E-state index contributed by atoms with van der Waals surface area (Å²) in [7, 11) is -3.35. The zero-order chi connectivity index (χ0) is 22.0. The number of amides is 1. The van der Waals surface area contributed by atoms with Crippen LogP contribution in [0.4, 0.5) is 0 Å². The van der Waals surface area contributed by atoms with Crippen molar-refractivity contribution in [1.29, 1.82) is 0 Å². The van der Waals surface area contributed by atoms with Gasteiger partial charge in [0.05, 0.1) is 16.3 Å². The average molecular weight is 442 g/mol. The maximum atomic E-state index is 13.0. The van der Waals surface area contributed by atoms with Gasteiger partial charge >= 0.3 is 0 Å². The first-order valence-electron chi connectivity index (χ1n) is 10.5. The third-order valence-corrected chi connectivity index (χ3v) is 8.18. The standard InChI is InChI=1S/C23H27N3O4S/c1-16(2)26-11-8-20(9-12-26)31(28,29)19-5-3-17(4-6-19)14-25-23(27)21-13-18-7-10-24-15-22(18)30-21/h3-7,10,13,15-16,20H,8-9,11-12,14H2,1-2H3,(H,25,27). The molecule has 0 saturated carbocycles. The van der Waals surface area contributed by atoms with Crippen LogP contribution >= 0.6 is 0 Å². The number of nitrogens with one attached hydrogen (secondary N) is 1. The largest absolute Gasteiger partial charge is 0.449 e. The molecule has 4 rings (SSSR count). The molecule has 1 saturated heterocycles. The Morgan fingerprint density at radius 1 is 1.19 bits per heavy atom. The first kappa shape index (κ1) is 21.5. The normalized spacial score (nSPS) is 16.1. The molecule has 0 unspecified atom stereocenters. The van der Waals surface area contributed by atoms with Crippen LogP contribution in [0.25, 0.3) is 11.0 Å². The molecule has 3 aromatic rings. The van der Waals surface area contributed by atoms with E-state index in [0.29, 0.717) is 29.4 Å². The molecule has 31 heavy (non-hydrogen) atoms. The van der Waals surface area contributed by atoms with Crippen molar-refractivity contribution in [1.82, 2.24) is 15.2 Å². The molecule has 0 radical (unpaired) electrons. The number of furan rings is 1. The summed E-state index contributed by atoms with van der Waals surface area (Å²) in [4.78, 5) is 19.0. The lowest BCUT2D eigenvalue weighted by molar-refractivity contribution is 0.0925. The Kier molecular flexibility index (Phi) is 6.11. The Morgan fingerprint density at radius 2 is 1.90 bits per heavy atom. The van der Waals surface area contributed by atoms with E-state index < -0.39 is 9.84 Å². The summed E-state index contributed by atoms with van der Waals surface area (Å²) in [6.07, 6.45) is 4.53. The van der Waals surface area contributed by atoms with Gasteiger partial charge in [-0.2, -0.15) is 0 Å². The highest BCUT2D eigenvalue weighted by Crippen LogP contribution is 2.26. The number of nitrogens with zero attached hydrogens (tertiary/aromatic N) is 2. The van der Waals surface area contributed by atoms with E-state index in [2.05, 4.69) is 29.0 Å². The second-order valence-corrected chi connectivity index (χ2v) is 10.5. The van der Waals surface area contributed by atoms with Crippen molar-refractivity contribution in [3.63, 3.8) is 0 Å². The minimum Gasteiger partial charge on any atom is -0.449 e. The van der Waals surface area contributed by atoms with Crippen LogP contribution in [0, 0.1) is 0 Å². The van der Waals surface area contributed by atoms with Crippen molar-refractivity contribution in [2.24, 2.45) is 0 Å². The van der Waals surface area contributed by atoms with E-state index in [-0.39, 0.29) is 23.5 Å². The molecule has 1 aromatic carbocycles. The first-order valence-corrected chi connectivity index (χ1v) is 12.1. The van der Waals surface area contributed by atoms with Gasteiger partial charge in [0.2, 0.25) is 0 Å². The zero-order valence-electron chi connectivity index (χ0n) is 17.7. The fourth-order valence-corrected chi connectivity index (χ4v) is 5.69. The van der Waals surface area contributed by atoms with Gasteiger partial charge in [0.25, 0.3) is 5.91 Å². The summed E-state index contributed by atoms with van der Waals surface area (Å²) >= 11 is 0. The highest BCUT2D eigenvalue weighted by Gasteiger charge is 2.31. The number of hydrogen-bond donors (Lipinski definition) is 1. The van der Waals surface area contributed by atoms with Crippen LogP contribution < -0.4 is 5.32 Å². The van der Waals surface area contributed by atoms with E-state index in [0.717, 1.165) is 24.0 Å². The molecule has 0 spiro atoms. The highest BCUT2D eigenvalue weighted by atomic mass is 32.2. The first-order chi connectivity index (χ1) is 14.8. The maximum absolute atomic E-state index is 13.0. The van der Waals surface area contributed by atoms with E-state index in [1.807, 2.05) is 0 Å². The van der Waals surface area contributed by atoms with Crippen LogP contribution in [0.5, 0.6) is 0 Å². The monoisotopic (exact) mass is 441 g/mol. The van der Waals surface area contributed by atoms with Gasteiger partial charge in [0, 0.05) is 24.2 Å². The van der Waals surface area contributed by atoms with Gasteiger partial charge in [-0.3, -0.25) is 9.78 Å². The number of carbonyl (C=O) groups is 1. The number of carbonyl (C=O) groups excluding carboxylic acids is 1. The molecule has 0 aliphatic carbocycles. The fraction of sp³-hybridized carbons (Fsp3) is 0.391. The Labute approximate surface area is 182 Å². The van der Waals surface area contributed by atoms with Gasteiger partial charge in [-0.1, -0.05) is 12.1 Å². The van der Waals surface area contributed by atoms with Crippen LogP contribution in [0.3, 0.4) is 0 Å². The van der Waals surface area contributed by atoms with Crippen LogP contribution in [0.1, 0.15) is 42.8 Å². The van der Waals surface area contributed by atoms with Gasteiger partial charge in [-0.15, -0.1) is 0 Å². The van der Waals surface area contributed by atoms with Crippen molar-refractivity contribution >= 4 is 26.7 Å². The van der Waals surface area contributed by atoms with Gasteiger partial charge in [0.15, 0.2) is 21.2 Å². The Hall–Kier alpha value is -2.71. The number of hydrogen-bond acceptors (Lipinski definition) is 6. The molecular formula is C23H27N3O4S. The lowest BCUT2D eigenvalue weighted by Gasteiger charge is -2.34. The van der Waals surface area contributed by atoms with Crippen LogP contribution in [-0.4, -0.2) is 48.6 Å². The molecule has 1 aliphatic heterocycles. The smallest absolute Gasteiger partial charge is 0.287 e. The molecule has 0 atom stereocenters. The summed E-state index contributed by atoms with van der Waals surface area (Å²) in [6, 6.07) is 10.7. The predicted octanol–water partition coefficient (Wildman–Crippen LogP) is 3.40. The quantitative estimate of drug-likeness (QED) is 0.630. The number of piperidine rings is 1. The highest BCUT2D eigenvalue weighted by molar-refractivity contribution is 7.92. The molecule has 164 valence electrons. The summed E-state index contributed by atoms with van der Waals surface area (Å²) in [5, 5.41) is 3.28. The van der Waals surface area contributed by atoms with Gasteiger partial charge in [-0.05, 0) is 69.6 Å². The molecule has 1 N–H and O–H groups in total. The van der Waals surface area contributed by atoms with Crippen LogP contribution in [0.2, 0.25) is 0 Å². The minimum atomic E-state index is -3.35. The Morgan fingerprint density at radius 3 is 2.55 bits per heavy atom. The van der Waals surface area contributed by atoms with E-state index >= 15 is 0 Å². The average Bonchev–Trinajstić information content (AvgIpc) is 3.22. The van der Waals surface area contributed by atoms with Crippen molar-refractivity contribution in [2.45, 2.75) is 49.4 Å². The van der Waals surface area contributed by atoms with Crippen molar-refractivity contribution < 1.29 is 17.6 Å². The Bertz CT molecular complexity index is 1130. The lowest BCUT2D eigenvalue weighted by Crippen LogP contribution is -2.42. The molecule has 8 heteroatoms. The molecule has 1 aliphatic rings. The number of pyridine rings is 1. The summed E-state index contributed by atoms with van der Waals surface area (Å²) < 4.78 is 31.5. The SMILES string of the molecule is CC(C)N1CCC(S(=O)(=O)c2ccc(CNC(=O)c3cc4ccncc4o3)cc2)CC1. The summed E-state index contributed by atoms with van der Waals surface area (Å²) in [5.74, 6) is -0.111. The predicted molar refractivity (Wildman–Crippen MR) is 119 cm³/mol. The second-order valence-electron chi connectivity index (χ2n) is 8.22. The van der Waals surface area contributed by atoms with Crippen molar-refractivity contribution in [2.75, 3.05) is 13.1 Å². The van der Waals surface area contributed by atoms with Crippen LogP contribution in [0.15, 0.2) is 58.1 Å². The maximum Gasteiger partial charge on any atom is 0.287 e. The number of aromatic nitrogens is 1. The number of rotatable bonds is 6. The summed E-state index contributed by atoms with van der Waals surface area (Å²) in [5.41, 5.74) is 1.38. The van der Waals surface area contributed by atoms with Gasteiger partial charge in [-0.25, -0.2) is 8.42 Å². The van der Waals surface area contributed by atoms with Crippen molar-refractivity contribution in [3.8, 4) is 0 Å². The zero-order valence-corrected chi connectivity index (χ0v) is 18.6. The van der Waals surface area contributed by atoms with Gasteiger partial charge in [0.1, 0.15) is 0 Å². The molecule has 1 amide bonds. The van der Waals surface area contributed by atoms with Crippen molar-refractivity contribution in [3.05, 3.63) is 60.1 Å². The van der Waals surface area contributed by atoms with E-state index in [9.17, 15) is 13.2 Å². The summed E-state index contributed by atoms with van der Waals surface area (Å²) in [6.45, 7) is 6.17. The molecule has 3 heterocycles. The fourth-order valence-electron chi connectivity index (χ4n) is 3.96. The minimum absolute atomic E-state index is 0.218. The third kappa shape index (κ3) is 4.65. The van der Waals surface area contributed by atoms with Crippen LogP contribution in [-0.2, 0) is 16.4 Å².